The lowest BCUT2D eigenvalue weighted by Crippen LogP contribution is -2.36. The topological polar surface area (TPSA) is 38.3 Å². The van der Waals surface area contributed by atoms with Crippen LogP contribution in [0, 0.1) is 0 Å². The Kier molecular flexibility index (Phi) is 7.41. The van der Waals surface area contributed by atoms with Gasteiger partial charge in [0.2, 0.25) is 5.91 Å². The summed E-state index contributed by atoms with van der Waals surface area (Å²) in [6.07, 6.45) is 7.36. The summed E-state index contributed by atoms with van der Waals surface area (Å²) in [4.78, 5) is 11.9. The van der Waals surface area contributed by atoms with Crippen LogP contribution in [0.2, 0.25) is 0 Å². The van der Waals surface area contributed by atoms with E-state index in [2.05, 4.69) is 47.2 Å². The van der Waals surface area contributed by atoms with E-state index in [0.717, 1.165) is 29.5 Å². The summed E-state index contributed by atoms with van der Waals surface area (Å²) in [6, 6.07) is 6.60. The number of nitrogens with one attached hydrogen (secondary N) is 1. The molecule has 4 heteroatoms. The second-order valence-electron chi connectivity index (χ2n) is 6.70. The number of ether oxygens (including phenoxy) is 1. The van der Waals surface area contributed by atoms with Crippen LogP contribution in [0.5, 0.6) is 5.75 Å². The molecule has 1 aliphatic carbocycles. The maximum Gasteiger partial charge on any atom is 0.220 e. The minimum Gasteiger partial charge on any atom is -0.492 e. The maximum atomic E-state index is 11.9. The van der Waals surface area contributed by atoms with E-state index in [1.807, 2.05) is 6.07 Å². The van der Waals surface area contributed by atoms with Crippen LogP contribution >= 0.6 is 15.9 Å². The monoisotopic (exact) mass is 381 g/mol. The van der Waals surface area contributed by atoms with Crippen molar-refractivity contribution in [3.05, 3.63) is 28.2 Å². The quantitative estimate of drug-likeness (QED) is 0.660. The van der Waals surface area contributed by atoms with Gasteiger partial charge in [0.15, 0.2) is 0 Å². The van der Waals surface area contributed by atoms with Crippen molar-refractivity contribution in [1.29, 1.82) is 0 Å². The number of benzene rings is 1. The molecule has 2 rings (SSSR count). The molecule has 0 unspecified atom stereocenters. The van der Waals surface area contributed by atoms with Crippen LogP contribution < -0.4 is 10.1 Å². The van der Waals surface area contributed by atoms with Gasteiger partial charge in [0.25, 0.3) is 0 Å². The van der Waals surface area contributed by atoms with E-state index < -0.39 is 0 Å². The number of halogens is 1. The minimum absolute atomic E-state index is 0.162. The zero-order valence-corrected chi connectivity index (χ0v) is 15.8. The van der Waals surface area contributed by atoms with Crippen molar-refractivity contribution >= 4 is 21.8 Å². The average molecular weight is 382 g/mol. The first-order chi connectivity index (χ1) is 11.1. The zero-order chi connectivity index (χ0) is 16.7. The third kappa shape index (κ3) is 6.17. The highest BCUT2D eigenvalue weighted by atomic mass is 79.9. The van der Waals surface area contributed by atoms with Crippen LogP contribution in [0.3, 0.4) is 0 Å². The highest BCUT2D eigenvalue weighted by Gasteiger charge is 2.15. The van der Waals surface area contributed by atoms with Gasteiger partial charge < -0.3 is 10.1 Å². The van der Waals surface area contributed by atoms with Gasteiger partial charge in [-0.05, 0) is 58.8 Å². The molecule has 0 spiro atoms. The maximum absolute atomic E-state index is 11.9. The summed E-state index contributed by atoms with van der Waals surface area (Å²) in [5, 5.41) is 3.15. The summed E-state index contributed by atoms with van der Waals surface area (Å²) in [7, 11) is 0. The predicted octanol–water partition coefficient (Wildman–Crippen LogP) is 5.18. The molecule has 1 aromatic carbocycles. The second-order valence-corrected chi connectivity index (χ2v) is 7.55. The van der Waals surface area contributed by atoms with Crippen LogP contribution in [-0.2, 0) is 4.79 Å². The Labute approximate surface area is 148 Å². The summed E-state index contributed by atoms with van der Waals surface area (Å²) < 4.78 is 6.77. The number of amides is 1. The molecular weight excluding hydrogens is 354 g/mol. The van der Waals surface area contributed by atoms with Crippen molar-refractivity contribution in [2.24, 2.45) is 0 Å². The normalized spacial score (nSPS) is 15.7. The second kappa shape index (κ2) is 9.31. The number of carbonyl (C=O) groups excluding carboxylic acids is 1. The Morgan fingerprint density at radius 1 is 1.30 bits per heavy atom. The van der Waals surface area contributed by atoms with Gasteiger partial charge in [-0.2, -0.15) is 0 Å². The van der Waals surface area contributed by atoms with Crippen LogP contribution in [0.4, 0.5) is 0 Å². The molecule has 1 aliphatic rings. The van der Waals surface area contributed by atoms with Gasteiger partial charge in [-0.15, -0.1) is 0 Å². The molecule has 3 nitrogen and oxygen atoms in total. The SMILES string of the molecule is CC(C)c1ccc(OCCCC(=O)NC2CCCCC2)c(Br)c1. The number of carbonyl (C=O) groups is 1. The molecule has 0 saturated heterocycles. The van der Waals surface area contributed by atoms with Crippen molar-refractivity contribution in [3.8, 4) is 5.75 Å². The Bertz CT molecular complexity index is 510. The Hall–Kier alpha value is -1.03. The fourth-order valence-electron chi connectivity index (χ4n) is 2.95. The Morgan fingerprint density at radius 3 is 2.70 bits per heavy atom. The van der Waals surface area contributed by atoms with Gasteiger partial charge in [-0.3, -0.25) is 4.79 Å². The Morgan fingerprint density at radius 2 is 2.04 bits per heavy atom. The summed E-state index contributed by atoms with van der Waals surface area (Å²) >= 11 is 3.56. The summed E-state index contributed by atoms with van der Waals surface area (Å²) in [5.74, 6) is 1.51. The fourth-order valence-corrected chi connectivity index (χ4v) is 3.47. The molecule has 1 fully saturated rings. The summed E-state index contributed by atoms with van der Waals surface area (Å²) in [6.45, 7) is 4.91. The van der Waals surface area contributed by atoms with Crippen molar-refractivity contribution in [2.45, 2.75) is 70.8 Å². The first-order valence-corrected chi connectivity index (χ1v) is 9.57. The van der Waals surface area contributed by atoms with Crippen LogP contribution in [0.25, 0.3) is 0 Å². The van der Waals surface area contributed by atoms with E-state index in [4.69, 9.17) is 4.74 Å². The van der Waals surface area contributed by atoms with Gasteiger partial charge in [0, 0.05) is 12.5 Å². The van der Waals surface area contributed by atoms with E-state index in [1.165, 1.54) is 24.8 Å². The smallest absolute Gasteiger partial charge is 0.220 e. The van der Waals surface area contributed by atoms with E-state index in [-0.39, 0.29) is 5.91 Å². The molecule has 0 atom stereocenters. The van der Waals surface area contributed by atoms with Crippen LogP contribution in [0.15, 0.2) is 22.7 Å². The predicted molar refractivity (Wildman–Crippen MR) is 98.0 cm³/mol. The molecule has 0 heterocycles. The van der Waals surface area contributed by atoms with Crippen LogP contribution in [-0.4, -0.2) is 18.6 Å². The molecule has 1 saturated carbocycles. The van der Waals surface area contributed by atoms with E-state index in [1.54, 1.807) is 0 Å². The van der Waals surface area contributed by atoms with Crippen molar-refractivity contribution in [2.75, 3.05) is 6.61 Å². The van der Waals surface area contributed by atoms with Crippen molar-refractivity contribution in [1.82, 2.24) is 5.32 Å². The van der Waals surface area contributed by atoms with Gasteiger partial charge in [-0.25, -0.2) is 0 Å². The van der Waals surface area contributed by atoms with Gasteiger partial charge in [-0.1, -0.05) is 39.2 Å². The summed E-state index contributed by atoms with van der Waals surface area (Å²) in [5.41, 5.74) is 1.29. The number of hydrogen-bond donors (Lipinski definition) is 1. The highest BCUT2D eigenvalue weighted by Crippen LogP contribution is 2.29. The molecule has 128 valence electrons. The standard InChI is InChI=1S/C19H28BrNO2/c1-14(2)15-10-11-18(17(20)13-15)23-12-6-9-19(22)21-16-7-4-3-5-8-16/h10-11,13-14,16H,3-9,12H2,1-2H3,(H,21,22). The van der Waals surface area contributed by atoms with Crippen molar-refractivity contribution < 1.29 is 9.53 Å². The largest absolute Gasteiger partial charge is 0.492 e. The first-order valence-electron chi connectivity index (χ1n) is 8.78. The molecule has 23 heavy (non-hydrogen) atoms. The molecule has 1 amide bonds. The minimum atomic E-state index is 0.162. The number of rotatable bonds is 7. The molecule has 1 N–H and O–H groups in total. The third-order valence-electron chi connectivity index (χ3n) is 4.40. The highest BCUT2D eigenvalue weighted by molar-refractivity contribution is 9.10. The van der Waals surface area contributed by atoms with Crippen LogP contribution in [0.1, 0.15) is 70.3 Å². The van der Waals surface area contributed by atoms with Gasteiger partial charge in [0.1, 0.15) is 5.75 Å². The van der Waals surface area contributed by atoms with Gasteiger partial charge in [0.05, 0.1) is 11.1 Å². The molecule has 0 aliphatic heterocycles. The Balaban J connectivity index is 1.67. The van der Waals surface area contributed by atoms with E-state index >= 15 is 0 Å². The first kappa shape index (κ1) is 18.3. The molecule has 0 aromatic heterocycles. The van der Waals surface area contributed by atoms with Gasteiger partial charge >= 0.3 is 0 Å². The zero-order valence-electron chi connectivity index (χ0n) is 14.2. The fraction of sp³-hybridized carbons (Fsp3) is 0.632. The molecule has 0 radical (unpaired) electrons. The molecular formula is C19H28BrNO2. The lowest BCUT2D eigenvalue weighted by molar-refractivity contribution is -0.122. The molecule has 1 aromatic rings. The lowest BCUT2D eigenvalue weighted by Gasteiger charge is -2.22. The van der Waals surface area contributed by atoms with E-state index in [0.29, 0.717) is 25.0 Å². The average Bonchev–Trinajstić information content (AvgIpc) is 2.53. The number of hydrogen-bond acceptors (Lipinski definition) is 2. The van der Waals surface area contributed by atoms with Crippen molar-refractivity contribution in [3.63, 3.8) is 0 Å². The lowest BCUT2D eigenvalue weighted by atomic mass is 9.95. The van der Waals surface area contributed by atoms with E-state index in [9.17, 15) is 4.79 Å². The molecule has 0 bridgehead atoms. The third-order valence-corrected chi connectivity index (χ3v) is 5.02.